The molecule has 4 aliphatic rings. The lowest BCUT2D eigenvalue weighted by Crippen LogP contribution is -2.58. The first-order chi connectivity index (χ1) is 17.0. The third-order valence-corrected chi connectivity index (χ3v) is 9.92. The number of allylic oxidation sites excluding steroid dienone is 1. The average molecular weight is 510 g/mol. The van der Waals surface area contributed by atoms with E-state index in [1.54, 1.807) is 5.57 Å². The van der Waals surface area contributed by atoms with Gasteiger partial charge in [0.2, 0.25) is 0 Å². The summed E-state index contributed by atoms with van der Waals surface area (Å²) in [6.45, 7) is 24.8. The minimum Gasteiger partial charge on any atom is -0.393 e. The van der Waals surface area contributed by atoms with Crippen LogP contribution in [0.15, 0.2) is 11.6 Å². The molecule has 0 aromatic rings. The highest BCUT2D eigenvalue weighted by molar-refractivity contribution is 5.26. The standard InChI is InChI=1S/C25H43NO2.4C2H6/c1-22(2,28)11-5-12-25(26)15-10-21-19-7-6-17-16-18(27)8-13-23(17,3)20(19)9-14-24(21,25)4;4*1-2/h6,18-21,27-28H,5,7-16,26H2,1-4H3;4*1-2H3. The maximum Gasteiger partial charge on any atom is 0.0591 e. The fourth-order valence-corrected chi connectivity index (χ4v) is 8.06. The van der Waals surface area contributed by atoms with Crippen LogP contribution in [0.5, 0.6) is 0 Å². The number of aliphatic hydroxyl groups is 2. The Labute approximate surface area is 227 Å². The zero-order valence-corrected chi connectivity index (χ0v) is 26.6. The summed E-state index contributed by atoms with van der Waals surface area (Å²) in [4.78, 5) is 0. The highest BCUT2D eigenvalue weighted by atomic mass is 16.3. The number of nitrogens with two attached hydrogens (primary N) is 1. The van der Waals surface area contributed by atoms with Crippen molar-refractivity contribution < 1.29 is 10.2 Å². The van der Waals surface area contributed by atoms with Crippen molar-refractivity contribution in [1.29, 1.82) is 0 Å². The summed E-state index contributed by atoms with van der Waals surface area (Å²) < 4.78 is 0. The molecular formula is C33H67NO2. The molecule has 0 spiro atoms. The van der Waals surface area contributed by atoms with Crippen molar-refractivity contribution in [3.63, 3.8) is 0 Å². The van der Waals surface area contributed by atoms with Crippen LogP contribution < -0.4 is 5.73 Å². The third kappa shape index (κ3) is 7.38. The van der Waals surface area contributed by atoms with Crippen molar-refractivity contribution in [1.82, 2.24) is 0 Å². The normalized spacial score (nSPS) is 38.4. The Morgan fingerprint density at radius 2 is 1.44 bits per heavy atom. The predicted octanol–water partition coefficient (Wildman–Crippen LogP) is 9.05. The Balaban J connectivity index is 0.00000140. The van der Waals surface area contributed by atoms with Gasteiger partial charge in [0.1, 0.15) is 0 Å². The molecule has 7 atom stereocenters. The Morgan fingerprint density at radius 1 is 0.889 bits per heavy atom. The Bertz CT molecular complexity index is 638. The van der Waals surface area contributed by atoms with Crippen molar-refractivity contribution in [2.24, 2.45) is 34.3 Å². The van der Waals surface area contributed by atoms with E-state index in [2.05, 4.69) is 19.9 Å². The smallest absolute Gasteiger partial charge is 0.0591 e. The van der Waals surface area contributed by atoms with E-state index in [1.165, 1.54) is 25.7 Å². The zero-order chi connectivity index (χ0) is 28.4. The average Bonchev–Trinajstić information content (AvgIpc) is 3.14. The molecule has 0 bridgehead atoms. The fraction of sp³-hybridized carbons (Fsp3) is 0.939. The summed E-state index contributed by atoms with van der Waals surface area (Å²) in [6.07, 6.45) is 14.5. The molecule has 0 aromatic carbocycles. The summed E-state index contributed by atoms with van der Waals surface area (Å²) in [5, 5.41) is 20.3. The summed E-state index contributed by atoms with van der Waals surface area (Å²) in [5.74, 6) is 2.28. The SMILES string of the molecule is CC.CC.CC.CC.CC(C)(O)CCCC1(N)CCC2C3CC=C4CC(O)CCC4(C)C3CCC21C. The van der Waals surface area contributed by atoms with Crippen LogP contribution in [-0.2, 0) is 0 Å². The lowest BCUT2D eigenvalue weighted by molar-refractivity contribution is -0.0578. The Kier molecular flexibility index (Phi) is 15.1. The zero-order valence-electron chi connectivity index (χ0n) is 26.6. The van der Waals surface area contributed by atoms with Gasteiger partial charge in [0.15, 0.2) is 0 Å². The van der Waals surface area contributed by atoms with Crippen LogP contribution in [0.25, 0.3) is 0 Å². The number of hydrogen-bond acceptors (Lipinski definition) is 3. The van der Waals surface area contributed by atoms with Gasteiger partial charge in [-0.2, -0.15) is 0 Å². The van der Waals surface area contributed by atoms with Gasteiger partial charge in [-0.25, -0.2) is 0 Å². The molecule has 3 heteroatoms. The minimum absolute atomic E-state index is 0.0679. The first kappa shape index (κ1) is 35.6. The molecule has 3 fully saturated rings. The van der Waals surface area contributed by atoms with Crippen molar-refractivity contribution in [3.8, 4) is 0 Å². The highest BCUT2D eigenvalue weighted by Gasteiger charge is 2.62. The lowest BCUT2D eigenvalue weighted by atomic mass is 9.46. The van der Waals surface area contributed by atoms with Gasteiger partial charge in [-0.15, -0.1) is 0 Å². The van der Waals surface area contributed by atoms with E-state index in [4.69, 9.17) is 5.73 Å². The molecule has 0 amide bonds. The molecule has 216 valence electrons. The molecule has 4 aliphatic carbocycles. The van der Waals surface area contributed by atoms with E-state index in [9.17, 15) is 10.2 Å². The van der Waals surface area contributed by atoms with Crippen LogP contribution in [0, 0.1) is 28.6 Å². The highest BCUT2D eigenvalue weighted by Crippen LogP contribution is 2.67. The number of rotatable bonds is 4. The maximum absolute atomic E-state index is 10.2. The van der Waals surface area contributed by atoms with Gasteiger partial charge < -0.3 is 15.9 Å². The summed E-state index contributed by atoms with van der Waals surface area (Å²) in [7, 11) is 0. The molecule has 0 aliphatic heterocycles. The topological polar surface area (TPSA) is 66.5 Å². The van der Waals surface area contributed by atoms with Gasteiger partial charge in [0, 0.05) is 5.54 Å². The molecule has 0 saturated heterocycles. The first-order valence-corrected chi connectivity index (χ1v) is 15.9. The largest absolute Gasteiger partial charge is 0.393 e. The van der Waals surface area contributed by atoms with Crippen LogP contribution in [0.4, 0.5) is 0 Å². The van der Waals surface area contributed by atoms with Crippen LogP contribution in [-0.4, -0.2) is 27.5 Å². The molecule has 0 radical (unpaired) electrons. The molecule has 36 heavy (non-hydrogen) atoms. The second-order valence-corrected chi connectivity index (χ2v) is 12.0. The maximum atomic E-state index is 10.2. The molecular weight excluding hydrogens is 442 g/mol. The number of aliphatic hydroxyl groups excluding tert-OH is 1. The quantitative estimate of drug-likeness (QED) is 0.331. The lowest BCUT2D eigenvalue weighted by Gasteiger charge is -2.59. The van der Waals surface area contributed by atoms with Crippen LogP contribution >= 0.6 is 0 Å². The van der Waals surface area contributed by atoms with Crippen LogP contribution in [0.1, 0.15) is 154 Å². The molecule has 3 saturated carbocycles. The minimum atomic E-state index is -0.586. The molecule has 0 heterocycles. The fourth-order valence-electron chi connectivity index (χ4n) is 8.06. The van der Waals surface area contributed by atoms with E-state index < -0.39 is 5.60 Å². The molecule has 4 N–H and O–H groups in total. The van der Waals surface area contributed by atoms with Gasteiger partial charge in [0.05, 0.1) is 11.7 Å². The summed E-state index contributed by atoms with van der Waals surface area (Å²) >= 11 is 0. The van der Waals surface area contributed by atoms with E-state index in [1.807, 2.05) is 69.2 Å². The van der Waals surface area contributed by atoms with E-state index in [-0.39, 0.29) is 17.1 Å². The summed E-state index contributed by atoms with van der Waals surface area (Å²) in [5.41, 5.74) is 8.60. The van der Waals surface area contributed by atoms with Crippen molar-refractivity contribution in [3.05, 3.63) is 11.6 Å². The second-order valence-electron chi connectivity index (χ2n) is 12.0. The van der Waals surface area contributed by atoms with Crippen molar-refractivity contribution in [2.75, 3.05) is 0 Å². The Hall–Kier alpha value is -0.380. The predicted molar refractivity (Wildman–Crippen MR) is 160 cm³/mol. The first-order valence-electron chi connectivity index (χ1n) is 15.9. The number of fused-ring (bicyclic) bond motifs is 5. The molecule has 4 rings (SSSR count). The Morgan fingerprint density at radius 3 is 2.00 bits per heavy atom. The summed E-state index contributed by atoms with van der Waals surface area (Å²) in [6, 6.07) is 0. The van der Waals surface area contributed by atoms with Gasteiger partial charge in [0.25, 0.3) is 0 Å². The van der Waals surface area contributed by atoms with E-state index in [0.717, 1.165) is 62.7 Å². The second kappa shape index (κ2) is 15.3. The van der Waals surface area contributed by atoms with E-state index in [0.29, 0.717) is 5.41 Å². The molecule has 0 aromatic heterocycles. The molecule has 7 unspecified atom stereocenters. The van der Waals surface area contributed by atoms with Crippen molar-refractivity contribution >= 4 is 0 Å². The molecule has 3 nitrogen and oxygen atoms in total. The van der Waals surface area contributed by atoms with Gasteiger partial charge in [-0.1, -0.05) is 80.9 Å². The van der Waals surface area contributed by atoms with Gasteiger partial charge >= 0.3 is 0 Å². The third-order valence-electron chi connectivity index (χ3n) is 9.92. The van der Waals surface area contributed by atoms with Crippen LogP contribution in [0.3, 0.4) is 0 Å². The van der Waals surface area contributed by atoms with E-state index >= 15 is 0 Å². The van der Waals surface area contributed by atoms with Crippen molar-refractivity contribution in [2.45, 2.75) is 171 Å². The van der Waals surface area contributed by atoms with Gasteiger partial charge in [-0.3, -0.25) is 0 Å². The monoisotopic (exact) mass is 510 g/mol. The number of hydrogen-bond donors (Lipinski definition) is 3. The van der Waals surface area contributed by atoms with Gasteiger partial charge in [-0.05, 0) is 113 Å². The van der Waals surface area contributed by atoms with Crippen LogP contribution in [0.2, 0.25) is 0 Å².